The summed E-state index contributed by atoms with van der Waals surface area (Å²) in [6, 6.07) is 14.1. The number of nitrogens with two attached hydrogens (primary N) is 1. The summed E-state index contributed by atoms with van der Waals surface area (Å²) in [4.78, 5) is 34.9. The van der Waals surface area contributed by atoms with Crippen molar-refractivity contribution in [2.45, 2.75) is 25.5 Å². The van der Waals surface area contributed by atoms with E-state index in [0.717, 1.165) is 12.0 Å². The Morgan fingerprint density at radius 2 is 2.00 bits per heavy atom. The highest BCUT2D eigenvalue weighted by molar-refractivity contribution is 5.99. The van der Waals surface area contributed by atoms with Crippen LogP contribution in [0.1, 0.15) is 18.4 Å². The zero-order valence-corrected chi connectivity index (χ0v) is 15.7. The van der Waals surface area contributed by atoms with Gasteiger partial charge in [-0.15, -0.1) is 0 Å². The number of ether oxygens (including phenoxy) is 1. The number of nitrogens with one attached hydrogen (secondary N) is 1. The molecule has 29 heavy (non-hydrogen) atoms. The maximum atomic E-state index is 12.8. The van der Waals surface area contributed by atoms with Gasteiger partial charge in [0, 0.05) is 17.6 Å². The Bertz CT molecular complexity index is 1040. The summed E-state index contributed by atoms with van der Waals surface area (Å²) in [6.07, 6.45) is 2.25. The fourth-order valence-electron chi connectivity index (χ4n) is 3.44. The number of carbonyl (C=O) groups is 2. The number of rotatable bonds is 4. The van der Waals surface area contributed by atoms with Gasteiger partial charge >= 0.3 is 6.09 Å². The van der Waals surface area contributed by atoms with E-state index >= 15 is 0 Å². The highest BCUT2D eigenvalue weighted by Crippen LogP contribution is 2.24. The minimum Gasteiger partial charge on any atom is -0.445 e. The van der Waals surface area contributed by atoms with Crippen molar-refractivity contribution < 1.29 is 14.3 Å². The fraction of sp³-hybridized carbons (Fsp3) is 0.238. The third-order valence-corrected chi connectivity index (χ3v) is 4.93. The number of benzene rings is 2. The first-order chi connectivity index (χ1) is 14.1. The van der Waals surface area contributed by atoms with Crippen LogP contribution in [0.5, 0.6) is 0 Å². The average molecular weight is 391 g/mol. The topological polar surface area (TPSA) is 110 Å². The zero-order valence-electron chi connectivity index (χ0n) is 15.7. The second-order valence-corrected chi connectivity index (χ2v) is 6.87. The molecule has 0 bridgehead atoms. The predicted octanol–water partition coefficient (Wildman–Crippen LogP) is 2.95. The minimum absolute atomic E-state index is 0.175. The van der Waals surface area contributed by atoms with Crippen LogP contribution in [0.4, 0.5) is 16.3 Å². The van der Waals surface area contributed by atoms with Crippen molar-refractivity contribution in [1.29, 1.82) is 0 Å². The van der Waals surface area contributed by atoms with E-state index in [9.17, 15) is 9.59 Å². The van der Waals surface area contributed by atoms with Gasteiger partial charge in [0.1, 0.15) is 24.8 Å². The second-order valence-electron chi connectivity index (χ2n) is 6.87. The molecule has 1 aromatic heterocycles. The lowest BCUT2D eigenvalue weighted by molar-refractivity contribution is -0.120. The molecule has 2 aromatic carbocycles. The maximum absolute atomic E-state index is 12.8. The van der Waals surface area contributed by atoms with E-state index < -0.39 is 12.1 Å². The summed E-state index contributed by atoms with van der Waals surface area (Å²) in [5.41, 5.74) is 8.06. The third kappa shape index (κ3) is 4.11. The average Bonchev–Trinajstić information content (AvgIpc) is 3.24. The van der Waals surface area contributed by atoms with Gasteiger partial charge in [0.25, 0.3) is 0 Å². The van der Waals surface area contributed by atoms with E-state index in [1.165, 1.54) is 11.2 Å². The molecule has 2 amide bonds. The van der Waals surface area contributed by atoms with Crippen molar-refractivity contribution in [2.24, 2.45) is 0 Å². The number of aromatic nitrogens is 2. The number of amides is 2. The number of nitrogen functional groups attached to an aromatic ring is 1. The molecule has 0 spiro atoms. The molecule has 1 saturated heterocycles. The van der Waals surface area contributed by atoms with Crippen LogP contribution in [0.15, 0.2) is 54.9 Å². The summed E-state index contributed by atoms with van der Waals surface area (Å²) in [7, 11) is 0. The van der Waals surface area contributed by atoms with Gasteiger partial charge in [0.2, 0.25) is 5.91 Å². The lowest BCUT2D eigenvalue weighted by atomic mass is 10.1. The standard InChI is InChI=1S/C21H21N5O3/c22-19-16-11-15(8-9-17(16)23-13-24-19)25-20(27)18-7-4-10-26(18)21(28)29-12-14-5-2-1-3-6-14/h1-3,5-6,8-9,11,13,18H,4,7,10,12H2,(H,25,27)(H2,22,23,24)/t18-/m0/s1. The number of nitrogens with zero attached hydrogens (tertiary/aromatic N) is 3. The monoisotopic (exact) mass is 391 g/mol. The van der Waals surface area contributed by atoms with E-state index in [1.54, 1.807) is 18.2 Å². The van der Waals surface area contributed by atoms with Gasteiger partial charge in [0.15, 0.2) is 0 Å². The van der Waals surface area contributed by atoms with Crippen molar-refractivity contribution in [2.75, 3.05) is 17.6 Å². The van der Waals surface area contributed by atoms with E-state index in [1.807, 2.05) is 30.3 Å². The molecule has 1 aliphatic heterocycles. The Balaban J connectivity index is 1.42. The van der Waals surface area contributed by atoms with Crippen LogP contribution in [-0.2, 0) is 16.1 Å². The highest BCUT2D eigenvalue weighted by Gasteiger charge is 2.35. The molecular weight excluding hydrogens is 370 g/mol. The lowest BCUT2D eigenvalue weighted by Gasteiger charge is -2.23. The molecular formula is C21H21N5O3. The van der Waals surface area contributed by atoms with E-state index in [2.05, 4.69) is 15.3 Å². The molecule has 0 saturated carbocycles. The third-order valence-electron chi connectivity index (χ3n) is 4.93. The molecule has 8 nitrogen and oxygen atoms in total. The summed E-state index contributed by atoms with van der Waals surface area (Å²) in [5, 5.41) is 3.53. The normalized spacial score (nSPS) is 16.0. The minimum atomic E-state index is -0.571. The van der Waals surface area contributed by atoms with Gasteiger partial charge in [-0.2, -0.15) is 0 Å². The van der Waals surface area contributed by atoms with Crippen LogP contribution in [0, 0.1) is 0 Å². The van der Waals surface area contributed by atoms with Gasteiger partial charge in [0.05, 0.1) is 5.52 Å². The zero-order chi connectivity index (χ0) is 20.2. The maximum Gasteiger partial charge on any atom is 0.410 e. The number of carbonyl (C=O) groups excluding carboxylic acids is 2. The van der Waals surface area contributed by atoms with Gasteiger partial charge < -0.3 is 15.8 Å². The largest absolute Gasteiger partial charge is 0.445 e. The number of fused-ring (bicyclic) bond motifs is 1. The van der Waals surface area contributed by atoms with Crippen LogP contribution in [0.3, 0.4) is 0 Å². The van der Waals surface area contributed by atoms with Gasteiger partial charge in [-0.25, -0.2) is 14.8 Å². The molecule has 0 unspecified atom stereocenters. The number of hydrogen-bond acceptors (Lipinski definition) is 6. The Morgan fingerprint density at radius 1 is 1.17 bits per heavy atom. The van der Waals surface area contributed by atoms with E-state index in [0.29, 0.717) is 35.4 Å². The molecule has 3 aromatic rings. The number of anilines is 2. The molecule has 2 heterocycles. The van der Waals surface area contributed by atoms with E-state index in [-0.39, 0.29) is 12.5 Å². The highest BCUT2D eigenvalue weighted by atomic mass is 16.6. The molecule has 148 valence electrons. The summed E-state index contributed by atoms with van der Waals surface area (Å²) >= 11 is 0. The van der Waals surface area contributed by atoms with Crippen LogP contribution in [-0.4, -0.2) is 39.5 Å². The molecule has 1 atom stereocenters. The van der Waals surface area contributed by atoms with Crippen molar-refractivity contribution in [3.63, 3.8) is 0 Å². The van der Waals surface area contributed by atoms with Crippen molar-refractivity contribution >= 4 is 34.4 Å². The summed E-state index contributed by atoms with van der Waals surface area (Å²) in [6.45, 7) is 0.665. The first kappa shape index (κ1) is 18.7. The smallest absolute Gasteiger partial charge is 0.410 e. The van der Waals surface area contributed by atoms with Gasteiger partial charge in [-0.05, 0) is 36.6 Å². The first-order valence-corrected chi connectivity index (χ1v) is 9.40. The quantitative estimate of drug-likeness (QED) is 0.707. The molecule has 8 heteroatoms. The molecule has 4 rings (SSSR count). The van der Waals surface area contributed by atoms with Crippen molar-refractivity contribution in [3.05, 3.63) is 60.4 Å². The van der Waals surface area contributed by atoms with Crippen molar-refractivity contribution in [1.82, 2.24) is 14.9 Å². The molecule has 3 N–H and O–H groups in total. The fourth-order valence-corrected chi connectivity index (χ4v) is 3.44. The summed E-state index contributed by atoms with van der Waals surface area (Å²) < 4.78 is 5.39. The lowest BCUT2D eigenvalue weighted by Crippen LogP contribution is -2.43. The van der Waals surface area contributed by atoms with Crippen molar-refractivity contribution in [3.8, 4) is 0 Å². The molecule has 1 aliphatic rings. The Morgan fingerprint density at radius 3 is 2.83 bits per heavy atom. The number of hydrogen-bond donors (Lipinski definition) is 2. The van der Waals surface area contributed by atoms with Gasteiger partial charge in [-0.3, -0.25) is 9.69 Å². The molecule has 0 aliphatic carbocycles. The second kappa shape index (κ2) is 8.14. The molecule has 1 fully saturated rings. The first-order valence-electron chi connectivity index (χ1n) is 9.40. The van der Waals surface area contributed by atoms with Crippen LogP contribution in [0.25, 0.3) is 10.9 Å². The Hall–Kier alpha value is -3.68. The van der Waals surface area contributed by atoms with E-state index in [4.69, 9.17) is 10.5 Å². The Kier molecular flexibility index (Phi) is 5.24. The Labute approximate surface area is 167 Å². The summed E-state index contributed by atoms with van der Waals surface area (Å²) in [5.74, 6) is 0.0898. The SMILES string of the molecule is Nc1ncnc2ccc(NC(=O)[C@@H]3CCCN3C(=O)OCc3ccccc3)cc12. The predicted molar refractivity (Wildman–Crippen MR) is 109 cm³/mol. The van der Waals surface area contributed by atoms with Crippen LogP contribution >= 0.6 is 0 Å². The number of likely N-dealkylation sites (tertiary alicyclic amines) is 1. The van der Waals surface area contributed by atoms with Crippen LogP contribution < -0.4 is 11.1 Å². The van der Waals surface area contributed by atoms with Gasteiger partial charge in [-0.1, -0.05) is 30.3 Å². The van der Waals surface area contributed by atoms with Crippen LogP contribution in [0.2, 0.25) is 0 Å². The molecule has 0 radical (unpaired) electrons.